The van der Waals surface area contributed by atoms with Gasteiger partial charge in [0.2, 0.25) is 0 Å². The van der Waals surface area contributed by atoms with Gasteiger partial charge < -0.3 is 15.3 Å². The van der Waals surface area contributed by atoms with E-state index >= 15 is 0 Å². The molecule has 110 valence electrons. The molecule has 1 aromatic rings. The molecule has 9 heteroatoms. The van der Waals surface area contributed by atoms with Crippen LogP contribution in [-0.2, 0) is 0 Å². The van der Waals surface area contributed by atoms with Crippen molar-refractivity contribution in [2.75, 3.05) is 18.9 Å². The molecule has 2 N–H and O–H groups in total. The van der Waals surface area contributed by atoms with Gasteiger partial charge in [-0.25, -0.2) is 14.0 Å². The topological polar surface area (TPSA) is 69.6 Å². The van der Waals surface area contributed by atoms with Crippen LogP contribution in [0.5, 0.6) is 0 Å². The van der Waals surface area contributed by atoms with E-state index in [-0.39, 0.29) is 5.69 Å². The van der Waals surface area contributed by atoms with Gasteiger partial charge in [-0.3, -0.25) is 0 Å². The predicted molar refractivity (Wildman–Crippen MR) is 61.1 cm³/mol. The number of carbonyl (C=O) groups excluding carboxylic acids is 1. The van der Waals surface area contributed by atoms with Crippen LogP contribution in [0.25, 0.3) is 0 Å². The molecular weight excluding hydrogens is 284 g/mol. The molecule has 0 bridgehead atoms. The van der Waals surface area contributed by atoms with E-state index < -0.39 is 36.1 Å². The average Bonchev–Trinajstić information content (AvgIpc) is 2.28. The van der Waals surface area contributed by atoms with E-state index in [9.17, 15) is 27.2 Å². The molecule has 0 aliphatic rings. The summed E-state index contributed by atoms with van der Waals surface area (Å²) < 4.78 is 49.3. The number of hydrogen-bond acceptors (Lipinski definition) is 2. The highest BCUT2D eigenvalue weighted by atomic mass is 19.4. The Bertz CT molecular complexity index is 531. The van der Waals surface area contributed by atoms with Gasteiger partial charge in [0.25, 0.3) is 0 Å². The molecule has 0 aliphatic carbocycles. The maximum atomic E-state index is 13.1. The summed E-state index contributed by atoms with van der Waals surface area (Å²) in [5.41, 5.74) is -0.816. The lowest BCUT2D eigenvalue weighted by molar-refractivity contribution is -0.137. The minimum absolute atomic E-state index is 0.122. The maximum absolute atomic E-state index is 13.1. The summed E-state index contributed by atoms with van der Waals surface area (Å²) in [4.78, 5) is 22.5. The highest BCUT2D eigenvalue weighted by molar-refractivity contribution is 5.93. The van der Waals surface area contributed by atoms with Crippen molar-refractivity contribution >= 4 is 17.7 Å². The number of hydrogen-bond donors (Lipinski definition) is 2. The van der Waals surface area contributed by atoms with Crippen LogP contribution in [0, 0.1) is 5.82 Å². The third-order valence-corrected chi connectivity index (χ3v) is 2.21. The van der Waals surface area contributed by atoms with Crippen LogP contribution in [0.2, 0.25) is 0 Å². The standard InChI is InChI=1S/C11H10F4N2O3/c1-17(5-11(13,14)15)10(20)16-6-2-3-8(12)7(4-6)9(18)19/h2-4H,5H2,1H3,(H,16,20)(H,18,19). The predicted octanol–water partition coefficient (Wildman–Crippen LogP) is 2.55. The molecule has 1 aromatic carbocycles. The lowest BCUT2D eigenvalue weighted by Gasteiger charge is -2.19. The molecule has 5 nitrogen and oxygen atoms in total. The Morgan fingerprint density at radius 2 is 1.95 bits per heavy atom. The number of rotatable bonds is 3. The van der Waals surface area contributed by atoms with Crippen LogP contribution in [0.4, 0.5) is 28.0 Å². The summed E-state index contributed by atoms with van der Waals surface area (Å²) in [7, 11) is 0.921. The second-order valence-corrected chi connectivity index (χ2v) is 3.90. The van der Waals surface area contributed by atoms with Gasteiger partial charge in [0, 0.05) is 12.7 Å². The zero-order chi connectivity index (χ0) is 15.5. The van der Waals surface area contributed by atoms with Gasteiger partial charge >= 0.3 is 18.2 Å². The number of nitrogens with zero attached hydrogens (tertiary/aromatic N) is 1. The Balaban J connectivity index is 2.81. The third kappa shape index (κ3) is 4.41. The number of aromatic carboxylic acids is 1. The van der Waals surface area contributed by atoms with Crippen molar-refractivity contribution in [3.63, 3.8) is 0 Å². The van der Waals surface area contributed by atoms with Gasteiger partial charge in [-0.05, 0) is 18.2 Å². The summed E-state index contributed by atoms with van der Waals surface area (Å²) >= 11 is 0. The summed E-state index contributed by atoms with van der Waals surface area (Å²) in [6.07, 6.45) is -4.55. The number of alkyl halides is 3. The van der Waals surface area contributed by atoms with Crippen molar-refractivity contribution in [1.29, 1.82) is 0 Å². The molecule has 1 rings (SSSR count). The van der Waals surface area contributed by atoms with Crippen molar-refractivity contribution in [2.45, 2.75) is 6.18 Å². The van der Waals surface area contributed by atoms with Gasteiger partial charge in [0.1, 0.15) is 12.4 Å². The maximum Gasteiger partial charge on any atom is 0.406 e. The van der Waals surface area contributed by atoms with Gasteiger partial charge in [-0.15, -0.1) is 0 Å². The molecule has 2 amide bonds. The van der Waals surface area contributed by atoms with Gasteiger partial charge in [0.15, 0.2) is 0 Å². The van der Waals surface area contributed by atoms with Crippen molar-refractivity contribution in [1.82, 2.24) is 4.90 Å². The molecule has 0 aliphatic heterocycles. The number of amides is 2. The fraction of sp³-hybridized carbons (Fsp3) is 0.273. The van der Waals surface area contributed by atoms with Crippen molar-refractivity contribution in [3.8, 4) is 0 Å². The van der Waals surface area contributed by atoms with Crippen LogP contribution >= 0.6 is 0 Å². The van der Waals surface area contributed by atoms with E-state index in [1.165, 1.54) is 0 Å². The number of halogens is 4. The molecule has 0 saturated carbocycles. The molecule has 0 heterocycles. The van der Waals surface area contributed by atoms with Crippen LogP contribution < -0.4 is 5.32 Å². The first-order chi connectivity index (χ1) is 9.10. The molecule has 0 unspecified atom stereocenters. The molecule has 0 atom stereocenters. The largest absolute Gasteiger partial charge is 0.478 e. The molecule has 0 fully saturated rings. The number of carboxylic acids is 1. The second kappa shape index (κ2) is 5.76. The Morgan fingerprint density at radius 3 is 2.45 bits per heavy atom. The fourth-order valence-electron chi connectivity index (χ4n) is 1.33. The van der Waals surface area contributed by atoms with Crippen LogP contribution in [0.15, 0.2) is 18.2 Å². The number of carbonyl (C=O) groups is 2. The SMILES string of the molecule is CN(CC(F)(F)F)C(=O)Nc1ccc(F)c(C(=O)O)c1. The smallest absolute Gasteiger partial charge is 0.406 e. The molecule has 0 saturated heterocycles. The monoisotopic (exact) mass is 294 g/mol. The number of benzene rings is 1. The normalized spacial score (nSPS) is 11.1. The van der Waals surface area contributed by atoms with Gasteiger partial charge in [-0.1, -0.05) is 0 Å². The summed E-state index contributed by atoms with van der Waals surface area (Å²) in [5.74, 6) is -2.57. The van der Waals surface area contributed by atoms with E-state index in [1.807, 2.05) is 5.32 Å². The Kier molecular flexibility index (Phi) is 4.53. The molecule has 20 heavy (non-hydrogen) atoms. The van der Waals surface area contributed by atoms with Gasteiger partial charge in [-0.2, -0.15) is 13.2 Å². The number of carboxylic acid groups (broad SMARTS) is 1. The summed E-state index contributed by atoms with van der Waals surface area (Å²) in [6.45, 7) is -1.47. The van der Waals surface area contributed by atoms with Crippen LogP contribution in [0.1, 0.15) is 10.4 Å². The first-order valence-electron chi connectivity index (χ1n) is 5.22. The lowest BCUT2D eigenvalue weighted by Crippen LogP contribution is -2.38. The van der Waals surface area contributed by atoms with Gasteiger partial charge in [0.05, 0.1) is 5.56 Å². The Labute approximate surface area is 110 Å². The third-order valence-electron chi connectivity index (χ3n) is 2.21. The zero-order valence-electron chi connectivity index (χ0n) is 10.2. The van der Waals surface area contributed by atoms with E-state index in [2.05, 4.69) is 0 Å². The molecule has 0 spiro atoms. The van der Waals surface area contributed by atoms with E-state index in [0.717, 1.165) is 25.2 Å². The molecule has 0 radical (unpaired) electrons. The van der Waals surface area contributed by atoms with Crippen molar-refractivity contribution in [3.05, 3.63) is 29.6 Å². The second-order valence-electron chi connectivity index (χ2n) is 3.90. The molecule has 0 aromatic heterocycles. The first-order valence-corrected chi connectivity index (χ1v) is 5.22. The minimum Gasteiger partial charge on any atom is -0.478 e. The number of anilines is 1. The van der Waals surface area contributed by atoms with Crippen molar-refractivity contribution < 1.29 is 32.3 Å². The Hall–Kier alpha value is -2.32. The highest BCUT2D eigenvalue weighted by Crippen LogP contribution is 2.18. The van der Waals surface area contributed by atoms with E-state index in [1.54, 1.807) is 0 Å². The van der Waals surface area contributed by atoms with E-state index in [4.69, 9.17) is 5.11 Å². The average molecular weight is 294 g/mol. The van der Waals surface area contributed by atoms with Crippen LogP contribution in [0.3, 0.4) is 0 Å². The first kappa shape index (κ1) is 15.7. The van der Waals surface area contributed by atoms with Crippen LogP contribution in [-0.4, -0.2) is 41.8 Å². The lowest BCUT2D eigenvalue weighted by atomic mass is 10.2. The fourth-order valence-corrected chi connectivity index (χ4v) is 1.33. The number of urea groups is 1. The number of nitrogens with one attached hydrogen (secondary N) is 1. The minimum atomic E-state index is -4.55. The summed E-state index contributed by atoms with van der Waals surface area (Å²) in [5, 5.41) is 10.7. The van der Waals surface area contributed by atoms with Crippen molar-refractivity contribution in [2.24, 2.45) is 0 Å². The van der Waals surface area contributed by atoms with E-state index in [0.29, 0.717) is 4.90 Å². The summed E-state index contributed by atoms with van der Waals surface area (Å²) in [6, 6.07) is 1.56. The Morgan fingerprint density at radius 1 is 1.35 bits per heavy atom. The zero-order valence-corrected chi connectivity index (χ0v) is 10.2. The highest BCUT2D eigenvalue weighted by Gasteiger charge is 2.31. The quantitative estimate of drug-likeness (QED) is 0.842. The molecular formula is C11H10F4N2O3.